The van der Waals surface area contributed by atoms with Crippen LogP contribution in [0.5, 0.6) is 0 Å². The monoisotopic (exact) mass is 358 g/mol. The van der Waals surface area contributed by atoms with E-state index in [2.05, 4.69) is 71.5 Å². The van der Waals surface area contributed by atoms with Gasteiger partial charge in [0.2, 0.25) is 0 Å². The van der Waals surface area contributed by atoms with E-state index in [1.807, 2.05) is 0 Å². The van der Waals surface area contributed by atoms with Crippen LogP contribution in [0, 0.1) is 0 Å². The largest absolute Gasteiger partial charge is 0.0908 e. The van der Waals surface area contributed by atoms with Crippen LogP contribution in [0.15, 0.2) is 36.4 Å². The zero-order valence-electron chi connectivity index (χ0n) is 17.8. The summed E-state index contributed by atoms with van der Waals surface area (Å²) in [5.41, 5.74) is 14.5. The van der Waals surface area contributed by atoms with Crippen molar-refractivity contribution in [2.75, 3.05) is 0 Å². The lowest BCUT2D eigenvalue weighted by Crippen LogP contribution is -2.03. The maximum atomic E-state index is 4.52. The minimum Gasteiger partial charge on any atom is -0.0908 e. The molecule has 27 heavy (non-hydrogen) atoms. The number of aryl methyl sites for hydroxylation is 3. The van der Waals surface area contributed by atoms with E-state index in [1.54, 1.807) is 5.56 Å². The summed E-state index contributed by atoms with van der Waals surface area (Å²) in [6, 6.07) is 9.41. The Bertz CT molecular complexity index is 893. The Morgan fingerprint density at radius 2 is 1.44 bits per heavy atom. The molecule has 0 atom stereocenters. The molecule has 0 saturated heterocycles. The third-order valence-electron chi connectivity index (χ3n) is 6.21. The molecule has 0 aliphatic heterocycles. The molecule has 0 heterocycles. The van der Waals surface area contributed by atoms with Crippen LogP contribution >= 0.6 is 0 Å². The normalized spacial score (nSPS) is 14.9. The first kappa shape index (κ1) is 19.7. The van der Waals surface area contributed by atoms with Gasteiger partial charge >= 0.3 is 0 Å². The molecule has 0 heteroatoms. The van der Waals surface area contributed by atoms with Gasteiger partial charge in [0.05, 0.1) is 0 Å². The first-order valence-electron chi connectivity index (χ1n) is 10.8. The fraction of sp³-hybridized carbons (Fsp3) is 0.407. The lowest BCUT2D eigenvalue weighted by Gasteiger charge is -2.17. The third kappa shape index (κ3) is 3.55. The van der Waals surface area contributed by atoms with Gasteiger partial charge in [-0.3, -0.25) is 0 Å². The topological polar surface area (TPSA) is 0 Å². The van der Waals surface area contributed by atoms with Crippen molar-refractivity contribution >= 4 is 11.6 Å². The average molecular weight is 359 g/mol. The Morgan fingerprint density at radius 3 is 2.04 bits per heavy atom. The van der Waals surface area contributed by atoms with Gasteiger partial charge in [0, 0.05) is 0 Å². The van der Waals surface area contributed by atoms with Crippen LogP contribution in [0.25, 0.3) is 11.6 Å². The van der Waals surface area contributed by atoms with E-state index in [0.29, 0.717) is 0 Å². The van der Waals surface area contributed by atoms with Gasteiger partial charge in [-0.05, 0) is 94.2 Å². The maximum absolute atomic E-state index is 4.52. The predicted molar refractivity (Wildman–Crippen MR) is 120 cm³/mol. The molecule has 0 radical (unpaired) electrons. The Kier molecular flexibility index (Phi) is 6.05. The molecule has 0 unspecified atom stereocenters. The summed E-state index contributed by atoms with van der Waals surface area (Å²) in [6.45, 7) is 15.9. The highest BCUT2D eigenvalue weighted by Gasteiger charge is 2.25. The molecule has 0 spiro atoms. The van der Waals surface area contributed by atoms with Gasteiger partial charge in [0.15, 0.2) is 0 Å². The van der Waals surface area contributed by atoms with E-state index in [0.717, 1.165) is 38.5 Å². The zero-order valence-corrected chi connectivity index (χ0v) is 17.8. The number of benzene rings is 2. The van der Waals surface area contributed by atoms with Crippen LogP contribution in [0.4, 0.5) is 0 Å². The summed E-state index contributed by atoms with van der Waals surface area (Å²) >= 11 is 0. The Labute approximate surface area is 166 Å². The fourth-order valence-electron chi connectivity index (χ4n) is 4.79. The number of allylic oxidation sites excluding steroid dienone is 2. The Balaban J connectivity index is 2.06. The first-order chi connectivity index (χ1) is 13.1. The van der Waals surface area contributed by atoms with Crippen LogP contribution < -0.4 is 0 Å². The molecule has 0 bridgehead atoms. The Hall–Kier alpha value is -2.08. The summed E-state index contributed by atoms with van der Waals surface area (Å²) < 4.78 is 0. The standard InChI is InChI=1S/C27H34/c1-7-20-13-12-19(14-21(20)8-2)15-23-17-24-16-22(9-3)25(10-4)26(11-5)27(24)18(23)6/h12-16H,6-11,17H2,1-5H3. The molecule has 2 aromatic carbocycles. The van der Waals surface area contributed by atoms with Gasteiger partial charge in [-0.25, -0.2) is 0 Å². The van der Waals surface area contributed by atoms with E-state index in [1.165, 1.54) is 50.1 Å². The van der Waals surface area contributed by atoms with Crippen LogP contribution in [-0.4, -0.2) is 0 Å². The highest BCUT2D eigenvalue weighted by Crippen LogP contribution is 2.41. The highest BCUT2D eigenvalue weighted by molar-refractivity contribution is 5.91. The van der Waals surface area contributed by atoms with Gasteiger partial charge in [-0.2, -0.15) is 0 Å². The van der Waals surface area contributed by atoms with Crippen molar-refractivity contribution in [2.45, 2.75) is 73.1 Å². The smallest absolute Gasteiger partial charge is 0.00132 e. The van der Waals surface area contributed by atoms with Crippen molar-refractivity contribution < 1.29 is 0 Å². The number of hydrogen-bond donors (Lipinski definition) is 0. The number of hydrogen-bond acceptors (Lipinski definition) is 0. The minimum atomic E-state index is 1.02. The molecule has 2 aromatic rings. The molecule has 0 N–H and O–H groups in total. The Morgan fingerprint density at radius 1 is 0.778 bits per heavy atom. The van der Waals surface area contributed by atoms with Gasteiger partial charge in [-0.1, -0.05) is 71.5 Å². The van der Waals surface area contributed by atoms with E-state index in [-0.39, 0.29) is 0 Å². The summed E-state index contributed by atoms with van der Waals surface area (Å²) in [5, 5.41) is 0. The highest BCUT2D eigenvalue weighted by atomic mass is 14.3. The van der Waals surface area contributed by atoms with Crippen molar-refractivity contribution in [3.8, 4) is 0 Å². The summed E-state index contributed by atoms with van der Waals surface area (Å²) in [7, 11) is 0. The van der Waals surface area contributed by atoms with Crippen LogP contribution in [0.1, 0.15) is 79.1 Å². The summed E-state index contributed by atoms with van der Waals surface area (Å²) in [6.07, 6.45) is 8.93. The molecule has 0 fully saturated rings. The summed E-state index contributed by atoms with van der Waals surface area (Å²) in [4.78, 5) is 0. The zero-order chi connectivity index (χ0) is 19.6. The molecule has 1 aliphatic carbocycles. The second-order valence-electron chi connectivity index (χ2n) is 7.65. The van der Waals surface area contributed by atoms with E-state index < -0.39 is 0 Å². The summed E-state index contributed by atoms with van der Waals surface area (Å²) in [5.74, 6) is 0. The molecular formula is C27H34. The average Bonchev–Trinajstić information content (AvgIpc) is 3.01. The predicted octanol–water partition coefficient (Wildman–Crippen LogP) is 7.15. The molecule has 0 saturated carbocycles. The van der Waals surface area contributed by atoms with Crippen LogP contribution in [0.2, 0.25) is 0 Å². The number of rotatable bonds is 6. The van der Waals surface area contributed by atoms with Gasteiger partial charge < -0.3 is 0 Å². The van der Waals surface area contributed by atoms with E-state index in [4.69, 9.17) is 0 Å². The van der Waals surface area contributed by atoms with Crippen molar-refractivity contribution in [3.63, 3.8) is 0 Å². The molecule has 0 amide bonds. The molecule has 0 nitrogen and oxygen atoms in total. The molecule has 3 rings (SSSR count). The lowest BCUT2D eigenvalue weighted by molar-refractivity contribution is 0.970. The fourth-order valence-corrected chi connectivity index (χ4v) is 4.79. The third-order valence-corrected chi connectivity index (χ3v) is 6.21. The van der Waals surface area contributed by atoms with E-state index in [9.17, 15) is 0 Å². The minimum absolute atomic E-state index is 1.02. The van der Waals surface area contributed by atoms with Crippen molar-refractivity contribution in [3.05, 3.63) is 80.9 Å². The first-order valence-corrected chi connectivity index (χ1v) is 10.8. The van der Waals surface area contributed by atoms with Crippen molar-refractivity contribution in [1.82, 2.24) is 0 Å². The van der Waals surface area contributed by atoms with Crippen molar-refractivity contribution in [2.24, 2.45) is 0 Å². The van der Waals surface area contributed by atoms with E-state index >= 15 is 0 Å². The molecular weight excluding hydrogens is 324 g/mol. The lowest BCUT2D eigenvalue weighted by atomic mass is 9.88. The van der Waals surface area contributed by atoms with Gasteiger partial charge in [0.25, 0.3) is 0 Å². The maximum Gasteiger partial charge on any atom is -0.00132 e. The SMILES string of the molecule is C=C1C(=Cc2ccc(CC)c(CC)c2)Cc2cc(CC)c(CC)c(CC)c21. The van der Waals surface area contributed by atoms with Crippen LogP contribution in [-0.2, 0) is 38.5 Å². The quantitative estimate of drug-likeness (QED) is 0.514. The second kappa shape index (κ2) is 8.30. The second-order valence-corrected chi connectivity index (χ2v) is 7.65. The number of fused-ring (bicyclic) bond motifs is 1. The van der Waals surface area contributed by atoms with Gasteiger partial charge in [0.1, 0.15) is 0 Å². The van der Waals surface area contributed by atoms with Crippen molar-refractivity contribution in [1.29, 1.82) is 0 Å². The van der Waals surface area contributed by atoms with Gasteiger partial charge in [-0.15, -0.1) is 0 Å². The molecule has 1 aliphatic rings. The molecule has 142 valence electrons. The van der Waals surface area contributed by atoms with Crippen LogP contribution in [0.3, 0.4) is 0 Å². The molecule has 0 aromatic heterocycles.